The Morgan fingerprint density at radius 2 is 2.05 bits per heavy atom. The van der Waals surface area contributed by atoms with Crippen LogP contribution >= 0.6 is 27.5 Å². The molecule has 2 atom stereocenters. The molecule has 4 rings (SSSR count). The monoisotopic (exact) mass is 617 g/mol. The maximum absolute atomic E-state index is 14.3. The van der Waals surface area contributed by atoms with Crippen molar-refractivity contribution in [2.24, 2.45) is 0 Å². The van der Waals surface area contributed by atoms with Crippen molar-refractivity contribution in [2.45, 2.75) is 77.6 Å². The van der Waals surface area contributed by atoms with Crippen molar-refractivity contribution in [2.75, 3.05) is 24.5 Å². The second kappa shape index (κ2) is 13.0. The molecule has 1 N–H and O–H groups in total. The molecule has 2 heterocycles. The smallest absolute Gasteiger partial charge is 0.306 e. The highest BCUT2D eigenvalue weighted by molar-refractivity contribution is 9.10. The summed E-state index contributed by atoms with van der Waals surface area (Å²) >= 11 is 10.2. The lowest BCUT2D eigenvalue weighted by molar-refractivity contribution is -0.155. The van der Waals surface area contributed by atoms with E-state index < -0.39 is 11.8 Å². The van der Waals surface area contributed by atoms with E-state index in [0.29, 0.717) is 43.9 Å². The largest absolute Gasteiger partial charge is 0.460 e. The van der Waals surface area contributed by atoms with Gasteiger partial charge in [-0.1, -0.05) is 45.7 Å². The van der Waals surface area contributed by atoms with E-state index in [0.717, 1.165) is 50.8 Å². The molecular weight excluding hydrogens is 581 g/mol. The summed E-state index contributed by atoms with van der Waals surface area (Å²) in [6, 6.07) is 13.9. The van der Waals surface area contributed by atoms with Crippen LogP contribution in [0.1, 0.15) is 69.1 Å². The Labute approximate surface area is 244 Å². The first-order chi connectivity index (χ1) is 18.5. The average molecular weight is 619 g/mol. The maximum Gasteiger partial charge on any atom is 0.306 e. The Kier molecular flexibility index (Phi) is 9.89. The van der Waals surface area contributed by atoms with Crippen LogP contribution in [0.15, 0.2) is 46.9 Å². The fraction of sp³-hybridized carbons (Fsp3) is 0.484. The Balaban J connectivity index is 1.57. The predicted molar refractivity (Wildman–Crippen MR) is 162 cm³/mol. The van der Waals surface area contributed by atoms with Gasteiger partial charge in [0.1, 0.15) is 17.6 Å². The highest BCUT2D eigenvalue weighted by atomic mass is 79.9. The lowest BCUT2D eigenvalue weighted by atomic mass is 9.93. The number of fused-ring (bicyclic) bond motifs is 1. The third kappa shape index (κ3) is 7.92. The summed E-state index contributed by atoms with van der Waals surface area (Å²) in [6.45, 7) is 10.1. The molecule has 0 amide bonds. The van der Waals surface area contributed by atoms with Gasteiger partial charge in [0, 0.05) is 40.9 Å². The van der Waals surface area contributed by atoms with Crippen molar-refractivity contribution in [3.8, 4) is 0 Å². The Morgan fingerprint density at radius 1 is 1.28 bits per heavy atom. The highest BCUT2D eigenvalue weighted by Crippen LogP contribution is 2.33. The van der Waals surface area contributed by atoms with Crippen molar-refractivity contribution < 1.29 is 13.9 Å². The van der Waals surface area contributed by atoms with Gasteiger partial charge in [-0.25, -0.2) is 9.37 Å². The number of carbonyl (C=O) groups is 1. The van der Waals surface area contributed by atoms with E-state index in [-0.39, 0.29) is 11.9 Å². The molecule has 5 nitrogen and oxygen atoms in total. The number of hydrogen-bond acceptors (Lipinski definition) is 5. The van der Waals surface area contributed by atoms with E-state index >= 15 is 0 Å². The van der Waals surface area contributed by atoms with Gasteiger partial charge in [-0.2, -0.15) is 0 Å². The Morgan fingerprint density at radius 3 is 2.77 bits per heavy atom. The zero-order valence-corrected chi connectivity index (χ0v) is 25.5. The predicted octanol–water partition coefficient (Wildman–Crippen LogP) is 7.89. The number of benzene rings is 2. The molecule has 1 aliphatic heterocycles. The van der Waals surface area contributed by atoms with Crippen molar-refractivity contribution in [1.82, 2.24) is 10.3 Å². The van der Waals surface area contributed by atoms with Crippen molar-refractivity contribution >= 4 is 50.2 Å². The second-order valence-corrected chi connectivity index (χ2v) is 12.7. The van der Waals surface area contributed by atoms with Crippen molar-refractivity contribution in [1.29, 1.82) is 0 Å². The number of rotatable bonds is 9. The molecule has 0 spiro atoms. The van der Waals surface area contributed by atoms with Gasteiger partial charge >= 0.3 is 5.97 Å². The van der Waals surface area contributed by atoms with Crippen LogP contribution in [0, 0.1) is 6.92 Å². The molecule has 3 aromatic rings. The number of esters is 1. The minimum atomic E-state index is -0.830. The second-order valence-electron chi connectivity index (χ2n) is 11.4. The SMILES string of the molecule is Cc1c(N2CCCC(F)C2)nc2ccc(Br)cc2c1CNCC(CCC(=O)OC(C)(C)C)c1ccccc1Cl. The number of alkyl halides is 1. The summed E-state index contributed by atoms with van der Waals surface area (Å²) in [6.07, 6.45) is 1.53. The zero-order chi connectivity index (χ0) is 28.2. The lowest BCUT2D eigenvalue weighted by Crippen LogP contribution is -2.37. The maximum atomic E-state index is 14.3. The fourth-order valence-corrected chi connectivity index (χ4v) is 5.92. The number of nitrogens with one attached hydrogen (secondary N) is 1. The number of carbonyl (C=O) groups excluding carboxylic acids is 1. The van der Waals surface area contributed by atoms with Crippen molar-refractivity contribution in [3.05, 3.63) is 68.7 Å². The van der Waals surface area contributed by atoms with E-state index in [2.05, 4.69) is 39.1 Å². The molecule has 2 unspecified atom stereocenters. The zero-order valence-electron chi connectivity index (χ0n) is 23.2. The van der Waals surface area contributed by atoms with Crippen LogP contribution in [0.25, 0.3) is 10.9 Å². The Bertz CT molecular complexity index is 1310. The standard InChI is InChI=1S/C31H38BrClFN3O2/c1-20-26(25-16-22(32)12-13-28(25)36-30(20)37-15-7-8-23(34)19-37)18-35-17-21(24-9-5-6-10-27(24)33)11-14-29(38)39-31(2,3)4/h5-6,9-10,12-13,16,21,23,35H,7-8,11,14-15,17-19H2,1-4H3. The summed E-state index contributed by atoms with van der Waals surface area (Å²) in [4.78, 5) is 19.5. The van der Waals surface area contributed by atoms with Crippen LogP contribution in [-0.2, 0) is 16.1 Å². The van der Waals surface area contributed by atoms with Gasteiger partial charge in [-0.3, -0.25) is 4.79 Å². The van der Waals surface area contributed by atoms with Gasteiger partial charge in [0.15, 0.2) is 0 Å². The average Bonchev–Trinajstić information content (AvgIpc) is 2.86. The first-order valence-electron chi connectivity index (χ1n) is 13.7. The van der Waals surface area contributed by atoms with Gasteiger partial charge < -0.3 is 15.0 Å². The van der Waals surface area contributed by atoms with Gasteiger partial charge in [-0.05, 0) is 93.8 Å². The number of pyridine rings is 1. The lowest BCUT2D eigenvalue weighted by Gasteiger charge is -2.32. The van der Waals surface area contributed by atoms with Gasteiger partial charge in [0.25, 0.3) is 0 Å². The molecule has 210 valence electrons. The first kappa shape index (κ1) is 29.8. The molecule has 8 heteroatoms. The summed E-state index contributed by atoms with van der Waals surface area (Å²) in [5.41, 5.74) is 3.59. The van der Waals surface area contributed by atoms with Crippen molar-refractivity contribution in [3.63, 3.8) is 0 Å². The third-order valence-electron chi connectivity index (χ3n) is 7.12. The van der Waals surface area contributed by atoms with Crippen LogP contribution < -0.4 is 10.2 Å². The third-order valence-corrected chi connectivity index (χ3v) is 7.95. The number of aromatic nitrogens is 1. The van der Waals surface area contributed by atoms with Gasteiger partial charge in [0.05, 0.1) is 12.1 Å². The Hall–Kier alpha value is -2.22. The molecule has 2 aromatic carbocycles. The summed E-state index contributed by atoms with van der Waals surface area (Å²) in [7, 11) is 0. The summed E-state index contributed by atoms with van der Waals surface area (Å²) in [5.74, 6) is 0.675. The highest BCUT2D eigenvalue weighted by Gasteiger charge is 2.24. The van der Waals surface area contributed by atoms with Crippen LogP contribution in [0.2, 0.25) is 5.02 Å². The van der Waals surface area contributed by atoms with E-state index in [1.165, 1.54) is 0 Å². The molecule has 1 aliphatic rings. The molecule has 1 saturated heterocycles. The van der Waals surface area contributed by atoms with E-state index in [1.54, 1.807) is 0 Å². The molecule has 0 bridgehead atoms. The molecule has 1 fully saturated rings. The minimum absolute atomic E-state index is 0.0280. The first-order valence-corrected chi connectivity index (χ1v) is 14.8. The summed E-state index contributed by atoms with van der Waals surface area (Å²) in [5, 5.41) is 5.40. The molecule has 1 aromatic heterocycles. The number of halogens is 3. The molecule has 0 radical (unpaired) electrons. The van der Waals surface area contributed by atoms with Crippen LogP contribution in [0.5, 0.6) is 0 Å². The normalized spacial score (nSPS) is 16.9. The molecule has 0 saturated carbocycles. The van der Waals surface area contributed by atoms with E-state index in [9.17, 15) is 9.18 Å². The molecular formula is C31H38BrClFN3O2. The van der Waals surface area contributed by atoms with Gasteiger partial charge in [-0.15, -0.1) is 0 Å². The minimum Gasteiger partial charge on any atom is -0.460 e. The topological polar surface area (TPSA) is 54.5 Å². The quantitative estimate of drug-likeness (QED) is 0.247. The number of anilines is 1. The van der Waals surface area contributed by atoms with Crippen LogP contribution in [0.4, 0.5) is 10.2 Å². The van der Waals surface area contributed by atoms with E-state index in [1.807, 2.05) is 57.2 Å². The molecule has 0 aliphatic carbocycles. The number of nitrogens with zero attached hydrogens (tertiary/aromatic N) is 2. The molecule has 39 heavy (non-hydrogen) atoms. The number of piperidine rings is 1. The van der Waals surface area contributed by atoms with E-state index in [4.69, 9.17) is 21.3 Å². The fourth-order valence-electron chi connectivity index (χ4n) is 5.27. The van der Waals surface area contributed by atoms with Crippen LogP contribution in [0.3, 0.4) is 0 Å². The van der Waals surface area contributed by atoms with Gasteiger partial charge in [0.2, 0.25) is 0 Å². The summed E-state index contributed by atoms with van der Waals surface area (Å²) < 4.78 is 20.8. The number of hydrogen-bond donors (Lipinski definition) is 1. The van der Waals surface area contributed by atoms with Crippen LogP contribution in [-0.4, -0.2) is 42.4 Å². The number of ether oxygens (including phenoxy) is 1.